The van der Waals surface area contributed by atoms with Crippen molar-refractivity contribution in [2.24, 2.45) is 0 Å². The van der Waals surface area contributed by atoms with Crippen LogP contribution in [0.4, 0.5) is 11.5 Å². The SMILES string of the molecule is N#C/C(=C/Nc1cc(Cl)ccn1)C(=O)Nc1cccc(O)c1. The minimum Gasteiger partial charge on any atom is -0.508 e. The normalized spacial score (nSPS) is 10.6. The van der Waals surface area contributed by atoms with Crippen LogP contribution in [0.25, 0.3) is 0 Å². The molecule has 22 heavy (non-hydrogen) atoms. The molecule has 0 fully saturated rings. The fourth-order valence-electron chi connectivity index (χ4n) is 1.56. The third-order valence-corrected chi connectivity index (χ3v) is 2.79. The van der Waals surface area contributed by atoms with E-state index in [2.05, 4.69) is 15.6 Å². The lowest BCUT2D eigenvalue weighted by molar-refractivity contribution is -0.112. The smallest absolute Gasteiger partial charge is 0.267 e. The van der Waals surface area contributed by atoms with Crippen LogP contribution in [-0.4, -0.2) is 16.0 Å². The number of nitrogens with one attached hydrogen (secondary N) is 2. The molecule has 0 atom stereocenters. The van der Waals surface area contributed by atoms with E-state index < -0.39 is 5.91 Å². The second-order valence-corrected chi connectivity index (χ2v) is 4.61. The molecular formula is C15H11ClN4O2. The first kappa shape index (κ1) is 15.4. The lowest BCUT2D eigenvalue weighted by Gasteiger charge is -2.05. The molecule has 0 unspecified atom stereocenters. The molecule has 1 aromatic carbocycles. The second-order valence-electron chi connectivity index (χ2n) is 4.18. The highest BCUT2D eigenvalue weighted by Crippen LogP contribution is 2.16. The lowest BCUT2D eigenvalue weighted by atomic mass is 10.2. The quantitative estimate of drug-likeness (QED) is 0.595. The molecular weight excluding hydrogens is 304 g/mol. The summed E-state index contributed by atoms with van der Waals surface area (Å²) in [5, 5.41) is 24.1. The van der Waals surface area contributed by atoms with Gasteiger partial charge in [-0.05, 0) is 24.3 Å². The summed E-state index contributed by atoms with van der Waals surface area (Å²) in [4.78, 5) is 16.0. The molecule has 0 radical (unpaired) electrons. The van der Waals surface area contributed by atoms with Gasteiger partial charge < -0.3 is 15.7 Å². The van der Waals surface area contributed by atoms with Gasteiger partial charge >= 0.3 is 0 Å². The Kier molecular flexibility index (Phi) is 4.96. The van der Waals surface area contributed by atoms with Gasteiger partial charge in [0.05, 0.1) is 0 Å². The molecule has 7 heteroatoms. The first-order valence-corrected chi connectivity index (χ1v) is 6.55. The van der Waals surface area contributed by atoms with Crippen LogP contribution in [0.3, 0.4) is 0 Å². The Bertz CT molecular complexity index is 768. The molecule has 0 saturated heterocycles. The number of nitrogens with zero attached hydrogens (tertiary/aromatic N) is 2. The van der Waals surface area contributed by atoms with Gasteiger partial charge in [-0.1, -0.05) is 17.7 Å². The number of phenols is 1. The van der Waals surface area contributed by atoms with Gasteiger partial charge in [0.25, 0.3) is 5.91 Å². The van der Waals surface area contributed by atoms with Gasteiger partial charge in [0.15, 0.2) is 0 Å². The molecule has 6 nitrogen and oxygen atoms in total. The number of nitriles is 1. The average Bonchev–Trinajstić information content (AvgIpc) is 2.48. The second kappa shape index (κ2) is 7.11. The molecule has 1 aromatic heterocycles. The average molecular weight is 315 g/mol. The summed E-state index contributed by atoms with van der Waals surface area (Å²) in [6, 6.07) is 11.0. The number of benzene rings is 1. The maximum atomic E-state index is 12.0. The van der Waals surface area contributed by atoms with E-state index in [1.165, 1.54) is 24.5 Å². The fourth-order valence-corrected chi connectivity index (χ4v) is 1.72. The van der Waals surface area contributed by atoms with Gasteiger partial charge in [0.1, 0.15) is 23.2 Å². The third-order valence-electron chi connectivity index (χ3n) is 2.56. The van der Waals surface area contributed by atoms with E-state index in [0.717, 1.165) is 0 Å². The van der Waals surface area contributed by atoms with Crippen molar-refractivity contribution in [2.45, 2.75) is 0 Å². The summed E-state index contributed by atoms with van der Waals surface area (Å²) in [6.07, 6.45) is 2.73. The van der Waals surface area contributed by atoms with E-state index in [9.17, 15) is 9.90 Å². The zero-order chi connectivity index (χ0) is 15.9. The number of carbonyl (C=O) groups excluding carboxylic acids is 1. The molecule has 3 N–H and O–H groups in total. The maximum Gasteiger partial charge on any atom is 0.267 e. The van der Waals surface area contributed by atoms with Crippen LogP contribution in [0.2, 0.25) is 5.02 Å². The van der Waals surface area contributed by atoms with Crippen molar-refractivity contribution in [1.29, 1.82) is 5.26 Å². The van der Waals surface area contributed by atoms with Crippen molar-refractivity contribution in [3.05, 3.63) is 59.4 Å². The van der Waals surface area contributed by atoms with Crippen molar-refractivity contribution in [1.82, 2.24) is 4.98 Å². The highest BCUT2D eigenvalue weighted by molar-refractivity contribution is 6.30. The molecule has 2 aromatic rings. The Morgan fingerprint density at radius 3 is 2.86 bits per heavy atom. The largest absolute Gasteiger partial charge is 0.508 e. The Morgan fingerprint density at radius 2 is 2.18 bits per heavy atom. The number of hydrogen-bond donors (Lipinski definition) is 3. The lowest BCUT2D eigenvalue weighted by Crippen LogP contribution is -2.14. The molecule has 1 amide bonds. The molecule has 110 valence electrons. The molecule has 0 saturated carbocycles. The van der Waals surface area contributed by atoms with Gasteiger partial charge in [-0.25, -0.2) is 4.98 Å². The molecule has 0 bridgehead atoms. The van der Waals surface area contributed by atoms with Gasteiger partial charge in [-0.15, -0.1) is 0 Å². The van der Waals surface area contributed by atoms with Crippen molar-refractivity contribution in [3.63, 3.8) is 0 Å². The number of rotatable bonds is 4. The number of hydrogen-bond acceptors (Lipinski definition) is 5. The van der Waals surface area contributed by atoms with Crippen molar-refractivity contribution >= 4 is 29.0 Å². The van der Waals surface area contributed by atoms with Crippen molar-refractivity contribution < 1.29 is 9.90 Å². The first-order valence-electron chi connectivity index (χ1n) is 6.17. The van der Waals surface area contributed by atoms with E-state index in [1.54, 1.807) is 30.3 Å². The number of aromatic hydroxyl groups is 1. The Hall–Kier alpha value is -3.04. The van der Waals surface area contributed by atoms with Crippen molar-refractivity contribution in [2.75, 3.05) is 10.6 Å². The minimum absolute atomic E-state index is 0.0153. The Labute approximate surface area is 131 Å². The van der Waals surface area contributed by atoms with Crippen LogP contribution in [0.5, 0.6) is 5.75 Å². The number of aromatic nitrogens is 1. The van der Waals surface area contributed by atoms with Gasteiger partial charge in [-0.2, -0.15) is 5.26 Å². The minimum atomic E-state index is -0.609. The van der Waals surface area contributed by atoms with E-state index in [0.29, 0.717) is 16.5 Å². The topological polar surface area (TPSA) is 98.0 Å². The Morgan fingerprint density at radius 1 is 1.36 bits per heavy atom. The monoisotopic (exact) mass is 314 g/mol. The summed E-state index contributed by atoms with van der Waals surface area (Å²) in [6.45, 7) is 0. The highest BCUT2D eigenvalue weighted by Gasteiger charge is 2.09. The Balaban J connectivity index is 2.09. The molecule has 0 spiro atoms. The van der Waals surface area contributed by atoms with Gasteiger partial charge in [0, 0.05) is 29.2 Å². The highest BCUT2D eigenvalue weighted by atomic mass is 35.5. The maximum absolute atomic E-state index is 12.0. The number of phenolic OH excluding ortho intramolecular Hbond substituents is 1. The number of halogens is 1. The standard InChI is InChI=1S/C15H11ClN4O2/c16-11-4-5-18-14(6-11)19-9-10(8-17)15(22)20-12-2-1-3-13(21)7-12/h1-7,9,21H,(H,18,19)(H,20,22)/b10-9-. The van der Waals surface area contributed by atoms with Gasteiger partial charge in [-0.3, -0.25) is 4.79 Å². The van der Waals surface area contributed by atoms with Crippen LogP contribution in [0.1, 0.15) is 0 Å². The third kappa shape index (κ3) is 4.23. The van der Waals surface area contributed by atoms with Crippen LogP contribution in [-0.2, 0) is 4.79 Å². The van der Waals surface area contributed by atoms with Crippen LogP contribution in [0.15, 0.2) is 54.4 Å². The number of amides is 1. The van der Waals surface area contributed by atoms with E-state index in [4.69, 9.17) is 16.9 Å². The molecule has 0 aliphatic rings. The van der Waals surface area contributed by atoms with Gasteiger partial charge in [0.2, 0.25) is 0 Å². The van der Waals surface area contributed by atoms with E-state index in [1.807, 2.05) is 0 Å². The molecule has 0 aliphatic heterocycles. The number of carbonyl (C=O) groups is 1. The van der Waals surface area contributed by atoms with E-state index >= 15 is 0 Å². The first-order chi connectivity index (χ1) is 10.6. The molecule has 1 heterocycles. The summed E-state index contributed by atoms with van der Waals surface area (Å²) in [5.41, 5.74) is 0.233. The summed E-state index contributed by atoms with van der Waals surface area (Å²) in [7, 11) is 0. The predicted octanol–water partition coefficient (Wildman–Crippen LogP) is 2.90. The molecule has 0 aliphatic carbocycles. The summed E-state index contributed by atoms with van der Waals surface area (Å²) < 4.78 is 0. The molecule has 2 rings (SSSR count). The summed E-state index contributed by atoms with van der Waals surface area (Å²) in [5.74, 6) is -0.186. The fraction of sp³-hybridized carbons (Fsp3) is 0. The summed E-state index contributed by atoms with van der Waals surface area (Å²) >= 11 is 5.81. The number of anilines is 2. The van der Waals surface area contributed by atoms with Crippen LogP contribution >= 0.6 is 11.6 Å². The zero-order valence-corrected chi connectivity index (χ0v) is 12.0. The predicted molar refractivity (Wildman–Crippen MR) is 83.3 cm³/mol. The van der Waals surface area contributed by atoms with Crippen molar-refractivity contribution in [3.8, 4) is 11.8 Å². The van der Waals surface area contributed by atoms with E-state index in [-0.39, 0.29) is 11.3 Å². The number of pyridine rings is 1. The zero-order valence-electron chi connectivity index (χ0n) is 11.2. The van der Waals surface area contributed by atoms with Crippen LogP contribution < -0.4 is 10.6 Å². The van der Waals surface area contributed by atoms with Crippen LogP contribution in [0, 0.1) is 11.3 Å².